The fraction of sp³-hybridized carbons (Fsp3) is 0.167. The number of anilines is 1. The van der Waals surface area contributed by atoms with Crippen molar-refractivity contribution in [3.63, 3.8) is 0 Å². The minimum absolute atomic E-state index is 0.0856. The van der Waals surface area contributed by atoms with Crippen LogP contribution in [-0.2, 0) is 10.0 Å². The van der Waals surface area contributed by atoms with Gasteiger partial charge in [0.25, 0.3) is 10.0 Å². The number of fused-ring (bicyclic) bond motifs is 1. The molecule has 3 aromatic rings. The van der Waals surface area contributed by atoms with Gasteiger partial charge < -0.3 is 4.74 Å². The van der Waals surface area contributed by atoms with E-state index in [2.05, 4.69) is 36.2 Å². The van der Waals surface area contributed by atoms with Crippen LogP contribution in [0.2, 0.25) is 0 Å². The minimum Gasteiger partial charge on any atom is -0.481 e. The number of carbonyl (C=O) groups is 1. The Kier molecular flexibility index (Phi) is 4.62. The average molecular weight is 447 g/mol. The fourth-order valence-corrected chi connectivity index (χ4v) is 4.93. The molecule has 13 heteroatoms. The van der Waals surface area contributed by atoms with Gasteiger partial charge in [-0.05, 0) is 22.9 Å². The Morgan fingerprint density at radius 1 is 1.36 bits per heavy atom. The molecular weight excluding hydrogens is 436 g/mol. The smallest absolute Gasteiger partial charge is 0.335 e. The molecule has 0 aliphatic heterocycles. The van der Waals surface area contributed by atoms with Gasteiger partial charge in [-0.2, -0.15) is 13.4 Å². The van der Waals surface area contributed by atoms with E-state index in [0.29, 0.717) is 10.7 Å². The summed E-state index contributed by atoms with van der Waals surface area (Å²) in [5, 5.41) is 3.77. The molecule has 0 saturated heterocycles. The number of sulfonamides is 1. The number of nitrogens with one attached hydrogen (secondary N) is 2. The number of halogens is 1. The van der Waals surface area contributed by atoms with Crippen molar-refractivity contribution in [1.29, 1.82) is 0 Å². The highest BCUT2D eigenvalue weighted by Gasteiger charge is 2.27. The summed E-state index contributed by atoms with van der Waals surface area (Å²) < 4.78 is 33.3. The van der Waals surface area contributed by atoms with Gasteiger partial charge in [-0.15, -0.1) is 11.3 Å². The quantitative estimate of drug-likeness (QED) is 0.624. The number of aromatic nitrogens is 4. The lowest BCUT2D eigenvalue weighted by Gasteiger charge is -2.08. The molecule has 0 radical (unpaired) electrons. The molecule has 0 unspecified atom stereocenters. The van der Waals surface area contributed by atoms with Crippen LogP contribution in [0.4, 0.5) is 10.7 Å². The Labute approximate surface area is 154 Å². The van der Waals surface area contributed by atoms with E-state index in [-0.39, 0.29) is 21.5 Å². The van der Waals surface area contributed by atoms with Gasteiger partial charge in [0.05, 0.1) is 7.11 Å². The molecule has 0 aliphatic rings. The number of urea groups is 1. The number of hydrogen-bond acceptors (Lipinski definition) is 8. The highest BCUT2D eigenvalue weighted by Crippen LogP contribution is 2.25. The Balaban J connectivity index is 1.84. The first kappa shape index (κ1) is 17.6. The predicted molar refractivity (Wildman–Crippen MR) is 93.4 cm³/mol. The molecule has 0 spiro atoms. The number of nitrogens with zero attached hydrogens (tertiary/aromatic N) is 4. The summed E-state index contributed by atoms with van der Waals surface area (Å²) in [5.74, 6) is 0.154. The van der Waals surface area contributed by atoms with Gasteiger partial charge in [-0.25, -0.2) is 19.5 Å². The van der Waals surface area contributed by atoms with Gasteiger partial charge in [0.2, 0.25) is 11.8 Å². The molecule has 3 rings (SSSR count). The minimum atomic E-state index is -4.18. The summed E-state index contributed by atoms with van der Waals surface area (Å²) in [6.07, 6.45) is 1.54. The lowest BCUT2D eigenvalue weighted by molar-refractivity contribution is 0.256. The molecule has 25 heavy (non-hydrogen) atoms. The number of methoxy groups -OCH3 is 1. The number of amides is 2. The summed E-state index contributed by atoms with van der Waals surface area (Å²) in [5.41, 5.74) is 0.545. The maximum atomic E-state index is 12.5. The molecule has 10 nitrogen and oxygen atoms in total. The number of imidazole rings is 1. The van der Waals surface area contributed by atoms with Crippen LogP contribution in [0.3, 0.4) is 0 Å². The maximum Gasteiger partial charge on any atom is 0.335 e. The van der Waals surface area contributed by atoms with Crippen LogP contribution in [0.5, 0.6) is 5.88 Å². The molecule has 0 atom stereocenters. The summed E-state index contributed by atoms with van der Waals surface area (Å²) in [6, 6.07) is 0.556. The van der Waals surface area contributed by atoms with Crippen molar-refractivity contribution < 1.29 is 17.9 Å². The monoisotopic (exact) mass is 446 g/mol. The van der Waals surface area contributed by atoms with Crippen molar-refractivity contribution in [2.75, 3.05) is 12.4 Å². The van der Waals surface area contributed by atoms with E-state index < -0.39 is 16.1 Å². The second kappa shape index (κ2) is 6.57. The Morgan fingerprint density at radius 3 is 2.84 bits per heavy atom. The van der Waals surface area contributed by atoms with E-state index in [1.165, 1.54) is 22.8 Å². The van der Waals surface area contributed by atoms with Crippen molar-refractivity contribution in [2.45, 2.75) is 11.9 Å². The molecule has 0 saturated carbocycles. The summed E-state index contributed by atoms with van der Waals surface area (Å²) in [4.78, 5) is 24.5. The molecule has 2 amide bonds. The standard InChI is InChI=1S/C12H11BrN6O4S2/c1-6-5-7(23-2)15-10(14-6)17-11(20)18-25(21,22)9-8(13)16-12-19(9)3-4-24-12/h3-5H,1-2H3,(H2,14,15,17,18,20). The fourth-order valence-electron chi connectivity index (χ4n) is 1.98. The molecular formula is C12H11BrN6O4S2. The van der Waals surface area contributed by atoms with E-state index in [0.717, 1.165) is 0 Å². The van der Waals surface area contributed by atoms with Crippen LogP contribution in [0.25, 0.3) is 4.96 Å². The van der Waals surface area contributed by atoms with Crippen LogP contribution in [0.1, 0.15) is 5.69 Å². The van der Waals surface area contributed by atoms with Gasteiger partial charge in [-0.3, -0.25) is 9.72 Å². The normalized spacial score (nSPS) is 11.5. The second-order valence-corrected chi connectivity index (χ2v) is 7.92. The Hall–Kier alpha value is -2.25. The van der Waals surface area contributed by atoms with E-state index in [9.17, 15) is 13.2 Å². The summed E-state index contributed by atoms with van der Waals surface area (Å²) in [7, 11) is -2.76. The molecule has 0 aliphatic carbocycles. The van der Waals surface area contributed by atoms with Crippen molar-refractivity contribution in [2.24, 2.45) is 0 Å². The van der Waals surface area contributed by atoms with Gasteiger partial charge in [0.15, 0.2) is 9.99 Å². The zero-order valence-electron chi connectivity index (χ0n) is 12.8. The van der Waals surface area contributed by atoms with Crippen LogP contribution in [0.15, 0.2) is 27.3 Å². The van der Waals surface area contributed by atoms with Crippen molar-refractivity contribution in [3.8, 4) is 5.88 Å². The van der Waals surface area contributed by atoms with Crippen molar-refractivity contribution in [3.05, 3.63) is 27.9 Å². The first-order valence-electron chi connectivity index (χ1n) is 6.64. The molecule has 3 aromatic heterocycles. The van der Waals surface area contributed by atoms with Crippen molar-refractivity contribution in [1.82, 2.24) is 24.1 Å². The number of thiazole rings is 1. The van der Waals surface area contributed by atoms with Crippen LogP contribution in [-0.4, -0.2) is 40.9 Å². The number of rotatable bonds is 4. The maximum absolute atomic E-state index is 12.5. The first-order chi connectivity index (χ1) is 11.8. The number of carbonyl (C=O) groups excluding carboxylic acids is 1. The van der Waals surface area contributed by atoms with Crippen molar-refractivity contribution >= 4 is 54.2 Å². The summed E-state index contributed by atoms with van der Waals surface area (Å²) >= 11 is 4.35. The van der Waals surface area contributed by atoms with E-state index in [1.807, 2.05) is 4.72 Å². The molecule has 0 bridgehead atoms. The van der Waals surface area contributed by atoms with Crippen LogP contribution < -0.4 is 14.8 Å². The molecule has 3 heterocycles. The van der Waals surface area contributed by atoms with E-state index in [4.69, 9.17) is 4.74 Å². The third-order valence-electron chi connectivity index (χ3n) is 2.93. The van der Waals surface area contributed by atoms with Crippen LogP contribution >= 0.6 is 27.3 Å². The van der Waals surface area contributed by atoms with E-state index >= 15 is 0 Å². The lowest BCUT2D eigenvalue weighted by Crippen LogP contribution is -2.35. The Morgan fingerprint density at radius 2 is 2.12 bits per heavy atom. The molecule has 2 N–H and O–H groups in total. The highest BCUT2D eigenvalue weighted by molar-refractivity contribution is 9.10. The highest BCUT2D eigenvalue weighted by atomic mass is 79.9. The zero-order valence-corrected chi connectivity index (χ0v) is 16.1. The van der Waals surface area contributed by atoms with Gasteiger partial charge >= 0.3 is 6.03 Å². The van der Waals surface area contributed by atoms with Gasteiger partial charge in [0.1, 0.15) is 4.60 Å². The average Bonchev–Trinajstić information content (AvgIpc) is 3.04. The third kappa shape index (κ3) is 3.57. The lowest BCUT2D eigenvalue weighted by atomic mass is 10.4. The zero-order chi connectivity index (χ0) is 18.2. The molecule has 132 valence electrons. The topological polar surface area (TPSA) is 128 Å². The van der Waals surface area contributed by atoms with E-state index in [1.54, 1.807) is 24.6 Å². The van der Waals surface area contributed by atoms with Gasteiger partial charge in [0, 0.05) is 23.3 Å². The molecule has 0 fully saturated rings. The van der Waals surface area contributed by atoms with Gasteiger partial charge in [-0.1, -0.05) is 0 Å². The first-order valence-corrected chi connectivity index (χ1v) is 9.80. The molecule has 0 aromatic carbocycles. The predicted octanol–water partition coefficient (Wildman–Crippen LogP) is 1.78. The number of aryl methyl sites for hydroxylation is 1. The third-order valence-corrected chi connectivity index (χ3v) is 5.85. The second-order valence-electron chi connectivity index (χ2n) is 4.70. The van der Waals surface area contributed by atoms with Crippen LogP contribution in [0, 0.1) is 6.92 Å². The number of hydrogen-bond donors (Lipinski definition) is 2. The largest absolute Gasteiger partial charge is 0.481 e. The number of ether oxygens (including phenoxy) is 1. The Bertz CT molecular complexity index is 1060. The summed E-state index contributed by atoms with van der Waals surface area (Å²) in [6.45, 7) is 1.68. The SMILES string of the molecule is COc1cc(C)nc(NC(=O)NS(=O)(=O)c2c(Br)nc3sccn23)n1.